The zero-order valence-corrected chi connectivity index (χ0v) is 16.7. The average Bonchev–Trinajstić information content (AvgIpc) is 3.26. The Morgan fingerprint density at radius 3 is 2.75 bits per heavy atom. The van der Waals surface area contributed by atoms with Gasteiger partial charge in [0.15, 0.2) is 0 Å². The van der Waals surface area contributed by atoms with Gasteiger partial charge in [-0.25, -0.2) is 9.50 Å². The van der Waals surface area contributed by atoms with E-state index in [9.17, 15) is 5.11 Å². The lowest BCUT2D eigenvalue weighted by molar-refractivity contribution is 0.121. The average molecular weight is 384 g/mol. The summed E-state index contributed by atoms with van der Waals surface area (Å²) in [4.78, 5) is 4.52. The molecule has 1 aliphatic carbocycles. The Bertz CT molecular complexity index is 941. The van der Waals surface area contributed by atoms with E-state index >= 15 is 0 Å². The number of hydrogen-bond acceptors (Lipinski definition) is 6. The third-order valence-electron chi connectivity index (χ3n) is 5.44. The summed E-state index contributed by atoms with van der Waals surface area (Å²) in [6, 6.07) is 4.31. The van der Waals surface area contributed by atoms with Crippen molar-refractivity contribution in [2.45, 2.75) is 50.7 Å². The quantitative estimate of drug-likeness (QED) is 0.679. The zero-order valence-electron chi connectivity index (χ0n) is 16.7. The maximum atomic E-state index is 9.90. The molecule has 1 saturated carbocycles. The molecular weight excluding hydrogens is 356 g/mol. The SMILES string of the molecule is COC[C@H](C)Nc1ncc2c(-c3ccn(C)n3)cc(C3CCC(O)CC3)n2n1. The van der Waals surface area contributed by atoms with Crippen molar-refractivity contribution in [2.75, 3.05) is 19.0 Å². The predicted molar refractivity (Wildman–Crippen MR) is 107 cm³/mol. The van der Waals surface area contributed by atoms with Crippen molar-refractivity contribution in [1.29, 1.82) is 0 Å². The Morgan fingerprint density at radius 1 is 1.29 bits per heavy atom. The third-order valence-corrected chi connectivity index (χ3v) is 5.44. The van der Waals surface area contributed by atoms with E-state index in [-0.39, 0.29) is 12.1 Å². The summed E-state index contributed by atoms with van der Waals surface area (Å²) in [5.41, 5.74) is 4.06. The second-order valence-corrected chi connectivity index (χ2v) is 7.74. The molecule has 0 saturated heterocycles. The van der Waals surface area contributed by atoms with E-state index in [4.69, 9.17) is 9.84 Å². The van der Waals surface area contributed by atoms with Crippen LogP contribution in [0.15, 0.2) is 24.5 Å². The zero-order chi connectivity index (χ0) is 19.7. The number of aromatic nitrogens is 5. The minimum Gasteiger partial charge on any atom is -0.393 e. The number of nitrogens with one attached hydrogen (secondary N) is 1. The Labute approximate surface area is 164 Å². The first-order chi connectivity index (χ1) is 13.5. The Kier molecular flexibility index (Phi) is 5.32. The van der Waals surface area contributed by atoms with Crippen LogP contribution in [0.2, 0.25) is 0 Å². The van der Waals surface area contributed by atoms with E-state index in [0.29, 0.717) is 18.5 Å². The molecule has 3 aromatic rings. The second kappa shape index (κ2) is 7.89. The summed E-state index contributed by atoms with van der Waals surface area (Å²) in [5, 5.41) is 22.6. The number of ether oxygens (including phenoxy) is 1. The van der Waals surface area contributed by atoms with E-state index in [1.807, 2.05) is 36.9 Å². The van der Waals surface area contributed by atoms with Gasteiger partial charge in [-0.3, -0.25) is 4.68 Å². The molecule has 8 nitrogen and oxygen atoms in total. The molecule has 28 heavy (non-hydrogen) atoms. The summed E-state index contributed by atoms with van der Waals surface area (Å²) in [6.45, 7) is 2.62. The number of aliphatic hydroxyl groups is 1. The van der Waals surface area contributed by atoms with Crippen LogP contribution < -0.4 is 5.32 Å². The first kappa shape index (κ1) is 18.9. The van der Waals surface area contributed by atoms with Crippen molar-refractivity contribution in [2.24, 2.45) is 7.05 Å². The molecule has 0 amide bonds. The second-order valence-electron chi connectivity index (χ2n) is 7.74. The van der Waals surface area contributed by atoms with Gasteiger partial charge in [-0.05, 0) is 44.7 Å². The first-order valence-electron chi connectivity index (χ1n) is 9.87. The highest BCUT2D eigenvalue weighted by Gasteiger charge is 2.26. The van der Waals surface area contributed by atoms with Gasteiger partial charge in [-0.1, -0.05) is 0 Å². The van der Waals surface area contributed by atoms with Crippen LogP contribution in [0.5, 0.6) is 0 Å². The molecule has 8 heteroatoms. The van der Waals surface area contributed by atoms with E-state index in [2.05, 4.69) is 21.5 Å². The summed E-state index contributed by atoms with van der Waals surface area (Å²) < 4.78 is 9.00. The standard InChI is InChI=1S/C20H28N6O2/c1-13(12-28-3)22-20-21-11-19-16(17-8-9-25(2)23-17)10-18(26(19)24-20)14-4-6-15(27)7-5-14/h8-11,13-15,27H,4-7,12H2,1-3H3,(H,22,24)/t13-,14?,15?/m0/s1. The number of hydrogen-bond donors (Lipinski definition) is 2. The molecule has 0 bridgehead atoms. The normalized spacial score (nSPS) is 21.1. The van der Waals surface area contributed by atoms with E-state index < -0.39 is 0 Å². The maximum Gasteiger partial charge on any atom is 0.241 e. The Balaban J connectivity index is 1.76. The lowest BCUT2D eigenvalue weighted by atomic mass is 9.85. The van der Waals surface area contributed by atoms with E-state index in [0.717, 1.165) is 48.2 Å². The van der Waals surface area contributed by atoms with Gasteiger partial charge in [-0.2, -0.15) is 5.10 Å². The highest BCUT2D eigenvalue weighted by molar-refractivity contribution is 5.79. The molecule has 3 aromatic heterocycles. The van der Waals surface area contributed by atoms with Crippen molar-refractivity contribution in [3.8, 4) is 11.3 Å². The minimum atomic E-state index is -0.181. The van der Waals surface area contributed by atoms with Crippen molar-refractivity contribution < 1.29 is 9.84 Å². The smallest absolute Gasteiger partial charge is 0.241 e. The summed E-state index contributed by atoms with van der Waals surface area (Å²) in [7, 11) is 3.60. The number of rotatable bonds is 6. The Hall–Kier alpha value is -2.45. The molecule has 1 fully saturated rings. The molecule has 2 N–H and O–H groups in total. The van der Waals surface area contributed by atoms with Crippen molar-refractivity contribution in [3.63, 3.8) is 0 Å². The van der Waals surface area contributed by atoms with Crippen LogP contribution in [0.1, 0.15) is 44.2 Å². The number of aryl methyl sites for hydroxylation is 1. The number of aliphatic hydroxyl groups excluding tert-OH is 1. The van der Waals surface area contributed by atoms with Gasteiger partial charge in [0.2, 0.25) is 5.95 Å². The molecule has 0 spiro atoms. The van der Waals surface area contributed by atoms with Gasteiger partial charge in [-0.15, -0.1) is 5.10 Å². The monoisotopic (exact) mass is 384 g/mol. The highest BCUT2D eigenvalue weighted by atomic mass is 16.5. The molecule has 0 aromatic carbocycles. The fourth-order valence-corrected chi connectivity index (χ4v) is 4.02. The fraction of sp³-hybridized carbons (Fsp3) is 0.550. The number of fused-ring (bicyclic) bond motifs is 1. The fourth-order valence-electron chi connectivity index (χ4n) is 4.02. The first-order valence-corrected chi connectivity index (χ1v) is 9.87. The van der Waals surface area contributed by atoms with Gasteiger partial charge in [0.25, 0.3) is 0 Å². The van der Waals surface area contributed by atoms with Crippen molar-refractivity contribution >= 4 is 11.5 Å². The van der Waals surface area contributed by atoms with Gasteiger partial charge in [0, 0.05) is 43.6 Å². The predicted octanol–water partition coefficient (Wildman–Crippen LogP) is 2.60. The number of nitrogens with zero attached hydrogens (tertiary/aromatic N) is 5. The van der Waals surface area contributed by atoms with Crippen LogP contribution in [0, 0.1) is 0 Å². The van der Waals surface area contributed by atoms with Gasteiger partial charge >= 0.3 is 0 Å². The molecule has 3 heterocycles. The summed E-state index contributed by atoms with van der Waals surface area (Å²) >= 11 is 0. The largest absolute Gasteiger partial charge is 0.393 e. The van der Waals surface area contributed by atoms with Crippen molar-refractivity contribution in [3.05, 3.63) is 30.2 Å². The minimum absolute atomic E-state index is 0.113. The molecular formula is C20H28N6O2. The summed E-state index contributed by atoms with van der Waals surface area (Å²) in [5.74, 6) is 0.949. The third kappa shape index (κ3) is 3.74. The Morgan fingerprint density at radius 2 is 2.07 bits per heavy atom. The molecule has 0 radical (unpaired) electrons. The van der Waals surface area contributed by atoms with Crippen LogP contribution in [0.4, 0.5) is 5.95 Å². The van der Waals surface area contributed by atoms with Crippen LogP contribution in [-0.4, -0.2) is 55.3 Å². The van der Waals surface area contributed by atoms with E-state index in [1.165, 1.54) is 0 Å². The molecule has 4 rings (SSSR count). The molecule has 0 unspecified atom stereocenters. The van der Waals surface area contributed by atoms with Crippen LogP contribution >= 0.6 is 0 Å². The van der Waals surface area contributed by atoms with Gasteiger partial charge < -0.3 is 15.2 Å². The molecule has 150 valence electrons. The molecule has 0 aliphatic heterocycles. The number of methoxy groups -OCH3 is 1. The summed E-state index contributed by atoms with van der Waals surface area (Å²) in [6.07, 6.45) is 7.21. The maximum absolute atomic E-state index is 9.90. The van der Waals surface area contributed by atoms with Crippen LogP contribution in [0.3, 0.4) is 0 Å². The van der Waals surface area contributed by atoms with E-state index in [1.54, 1.807) is 11.8 Å². The van der Waals surface area contributed by atoms with Gasteiger partial charge in [0.1, 0.15) is 0 Å². The van der Waals surface area contributed by atoms with Gasteiger partial charge in [0.05, 0.1) is 30.1 Å². The number of anilines is 1. The topological polar surface area (TPSA) is 89.5 Å². The molecule has 1 aliphatic rings. The highest BCUT2D eigenvalue weighted by Crippen LogP contribution is 2.37. The lowest BCUT2D eigenvalue weighted by Gasteiger charge is -2.25. The molecule has 1 atom stereocenters. The van der Waals surface area contributed by atoms with Crippen molar-refractivity contribution in [1.82, 2.24) is 24.4 Å². The van der Waals surface area contributed by atoms with Crippen LogP contribution in [0.25, 0.3) is 16.8 Å². The lowest BCUT2D eigenvalue weighted by Crippen LogP contribution is -2.23. The van der Waals surface area contributed by atoms with Crippen LogP contribution in [-0.2, 0) is 11.8 Å².